The van der Waals surface area contributed by atoms with Crippen molar-refractivity contribution in [3.63, 3.8) is 0 Å². The van der Waals surface area contributed by atoms with Gasteiger partial charge in [0.1, 0.15) is 11.4 Å². The van der Waals surface area contributed by atoms with Gasteiger partial charge in [0.15, 0.2) is 0 Å². The molecule has 0 radical (unpaired) electrons. The maximum atomic E-state index is 13.5. The van der Waals surface area contributed by atoms with Gasteiger partial charge >= 0.3 is 0 Å². The van der Waals surface area contributed by atoms with E-state index in [-0.39, 0.29) is 18.4 Å². The van der Waals surface area contributed by atoms with Gasteiger partial charge in [-0.1, -0.05) is 42.5 Å². The number of β-amino-alcohol motifs (C(OH)–C–C–N with tert-alkyl or cyclic N) is 1. The molecule has 7 heteroatoms. The molecule has 0 spiro atoms. The lowest BCUT2D eigenvalue weighted by Crippen LogP contribution is -2.48. The van der Waals surface area contributed by atoms with Crippen molar-refractivity contribution < 1.29 is 19.4 Å². The lowest BCUT2D eigenvalue weighted by molar-refractivity contribution is -0.137. The molecule has 1 saturated heterocycles. The quantitative estimate of drug-likeness (QED) is 0.636. The minimum Gasteiger partial charge on any atom is -0.497 e. The molecule has 0 atom stereocenters. The molecule has 2 aliphatic heterocycles. The topological polar surface area (TPSA) is 73.3 Å². The fourth-order valence-electron chi connectivity index (χ4n) is 4.30. The number of amides is 2. The molecule has 2 aromatic rings. The Labute approximate surface area is 188 Å². The third kappa shape index (κ3) is 4.54. The SMILES string of the molecule is COc1ccc(C2=C(N3CCN(CCO)CC3)C(=O)N(CCc3ccccc3)C2=O)cc1. The molecule has 0 aromatic heterocycles. The Morgan fingerprint density at radius 3 is 2.19 bits per heavy atom. The first-order valence-corrected chi connectivity index (χ1v) is 11.0. The molecule has 0 unspecified atom stereocenters. The van der Waals surface area contributed by atoms with Crippen LogP contribution < -0.4 is 4.74 Å². The summed E-state index contributed by atoms with van der Waals surface area (Å²) in [5, 5.41) is 9.21. The molecule has 32 heavy (non-hydrogen) atoms. The van der Waals surface area contributed by atoms with Crippen molar-refractivity contribution in [1.29, 1.82) is 0 Å². The van der Waals surface area contributed by atoms with Gasteiger partial charge in [0.2, 0.25) is 0 Å². The maximum Gasteiger partial charge on any atom is 0.277 e. The van der Waals surface area contributed by atoms with Gasteiger partial charge in [0.25, 0.3) is 11.8 Å². The second-order valence-corrected chi connectivity index (χ2v) is 8.00. The fourth-order valence-corrected chi connectivity index (χ4v) is 4.30. The van der Waals surface area contributed by atoms with Gasteiger partial charge in [-0.15, -0.1) is 0 Å². The highest BCUT2D eigenvalue weighted by Crippen LogP contribution is 2.33. The van der Waals surface area contributed by atoms with E-state index in [1.54, 1.807) is 7.11 Å². The van der Waals surface area contributed by atoms with Gasteiger partial charge in [-0.25, -0.2) is 0 Å². The molecule has 2 amide bonds. The van der Waals surface area contributed by atoms with Gasteiger partial charge in [-0.3, -0.25) is 19.4 Å². The van der Waals surface area contributed by atoms with E-state index in [1.807, 2.05) is 59.5 Å². The normalized spacial score (nSPS) is 17.4. The third-order valence-corrected chi connectivity index (χ3v) is 6.09. The Kier molecular flexibility index (Phi) is 6.87. The summed E-state index contributed by atoms with van der Waals surface area (Å²) in [5.74, 6) is 0.225. The monoisotopic (exact) mass is 435 g/mol. The van der Waals surface area contributed by atoms with E-state index in [0.29, 0.717) is 49.6 Å². The number of benzene rings is 2. The third-order valence-electron chi connectivity index (χ3n) is 6.09. The van der Waals surface area contributed by atoms with Gasteiger partial charge in [0.05, 0.1) is 19.3 Å². The maximum absolute atomic E-state index is 13.5. The zero-order chi connectivity index (χ0) is 22.5. The van der Waals surface area contributed by atoms with E-state index < -0.39 is 0 Å². The average Bonchev–Trinajstić information content (AvgIpc) is 3.08. The highest BCUT2D eigenvalue weighted by Gasteiger charge is 2.41. The van der Waals surface area contributed by atoms with Gasteiger partial charge in [0, 0.05) is 39.3 Å². The molecule has 4 rings (SSSR count). The molecule has 1 N–H and O–H groups in total. The number of carbonyl (C=O) groups excluding carboxylic acids is 2. The van der Waals surface area contributed by atoms with E-state index in [4.69, 9.17) is 4.74 Å². The van der Waals surface area contributed by atoms with E-state index >= 15 is 0 Å². The van der Waals surface area contributed by atoms with Crippen molar-refractivity contribution in [3.05, 3.63) is 71.4 Å². The van der Waals surface area contributed by atoms with Crippen LogP contribution in [-0.4, -0.2) is 84.6 Å². The number of aliphatic hydroxyl groups is 1. The molecule has 1 fully saturated rings. The van der Waals surface area contributed by atoms with Gasteiger partial charge in [-0.2, -0.15) is 0 Å². The minimum absolute atomic E-state index is 0.116. The Morgan fingerprint density at radius 1 is 0.875 bits per heavy atom. The number of imide groups is 1. The molecule has 0 saturated carbocycles. The minimum atomic E-state index is -0.246. The number of methoxy groups -OCH3 is 1. The summed E-state index contributed by atoms with van der Waals surface area (Å²) in [6, 6.07) is 17.2. The summed E-state index contributed by atoms with van der Waals surface area (Å²) in [5.41, 5.74) is 2.75. The molecular weight excluding hydrogens is 406 g/mol. The lowest BCUT2D eigenvalue weighted by atomic mass is 10.0. The van der Waals surface area contributed by atoms with Crippen molar-refractivity contribution in [2.75, 3.05) is 53.0 Å². The number of ether oxygens (including phenoxy) is 1. The first kappa shape index (κ1) is 22.0. The zero-order valence-corrected chi connectivity index (χ0v) is 18.4. The van der Waals surface area contributed by atoms with Crippen molar-refractivity contribution >= 4 is 17.4 Å². The van der Waals surface area contributed by atoms with E-state index in [9.17, 15) is 14.7 Å². The predicted molar refractivity (Wildman–Crippen MR) is 122 cm³/mol. The number of nitrogens with zero attached hydrogens (tertiary/aromatic N) is 3. The summed E-state index contributed by atoms with van der Waals surface area (Å²) < 4.78 is 5.25. The smallest absolute Gasteiger partial charge is 0.277 e. The Balaban J connectivity index is 1.61. The fraction of sp³-hybridized carbons (Fsp3) is 0.360. The van der Waals surface area contributed by atoms with Crippen molar-refractivity contribution in [2.45, 2.75) is 6.42 Å². The van der Waals surface area contributed by atoms with Crippen molar-refractivity contribution in [2.24, 2.45) is 0 Å². The van der Waals surface area contributed by atoms with E-state index in [0.717, 1.165) is 24.2 Å². The van der Waals surface area contributed by atoms with Crippen LogP contribution in [0.5, 0.6) is 5.75 Å². The highest BCUT2D eigenvalue weighted by molar-refractivity contribution is 6.35. The van der Waals surface area contributed by atoms with E-state index in [2.05, 4.69) is 4.90 Å². The zero-order valence-electron chi connectivity index (χ0n) is 18.4. The second-order valence-electron chi connectivity index (χ2n) is 8.00. The summed E-state index contributed by atoms with van der Waals surface area (Å²) in [6.45, 7) is 3.84. The van der Waals surface area contributed by atoms with Crippen LogP contribution in [0.15, 0.2) is 60.3 Å². The van der Waals surface area contributed by atoms with Crippen LogP contribution in [0.4, 0.5) is 0 Å². The second kappa shape index (κ2) is 9.97. The van der Waals surface area contributed by atoms with Crippen LogP contribution in [0.2, 0.25) is 0 Å². The van der Waals surface area contributed by atoms with Crippen LogP contribution in [0.25, 0.3) is 5.57 Å². The Bertz CT molecular complexity index is 980. The van der Waals surface area contributed by atoms with Crippen LogP contribution in [0.3, 0.4) is 0 Å². The molecule has 0 aliphatic carbocycles. The lowest BCUT2D eigenvalue weighted by Gasteiger charge is -2.36. The van der Waals surface area contributed by atoms with Gasteiger partial charge in [-0.05, 0) is 29.7 Å². The number of carbonyl (C=O) groups is 2. The number of piperazine rings is 1. The Hall–Kier alpha value is -3.16. The molecule has 7 nitrogen and oxygen atoms in total. The summed E-state index contributed by atoms with van der Waals surface area (Å²) in [6.07, 6.45) is 0.617. The summed E-state index contributed by atoms with van der Waals surface area (Å²) >= 11 is 0. The predicted octanol–water partition coefficient (Wildman–Crippen LogP) is 1.63. The Morgan fingerprint density at radius 2 is 1.56 bits per heavy atom. The first-order chi connectivity index (χ1) is 15.6. The van der Waals surface area contributed by atoms with Gasteiger partial charge < -0.3 is 14.7 Å². The number of hydrogen-bond acceptors (Lipinski definition) is 6. The standard InChI is InChI=1S/C25H29N3O4/c1-32-21-9-7-20(8-10-21)22-23(27-15-13-26(14-16-27)17-18-29)25(31)28(24(22)30)12-11-19-5-3-2-4-6-19/h2-10,29H,11-18H2,1H3. The molecule has 168 valence electrons. The summed E-state index contributed by atoms with van der Waals surface area (Å²) in [7, 11) is 1.60. The number of rotatable bonds is 8. The van der Waals surface area contributed by atoms with E-state index in [1.165, 1.54) is 4.90 Å². The first-order valence-electron chi connectivity index (χ1n) is 11.0. The molecule has 0 bridgehead atoms. The van der Waals surface area contributed by atoms with Crippen LogP contribution in [0, 0.1) is 0 Å². The highest BCUT2D eigenvalue weighted by atomic mass is 16.5. The van der Waals surface area contributed by atoms with Crippen LogP contribution >= 0.6 is 0 Å². The van der Waals surface area contributed by atoms with Crippen molar-refractivity contribution in [1.82, 2.24) is 14.7 Å². The van der Waals surface area contributed by atoms with Crippen molar-refractivity contribution in [3.8, 4) is 5.75 Å². The van der Waals surface area contributed by atoms with Crippen LogP contribution in [-0.2, 0) is 16.0 Å². The van der Waals surface area contributed by atoms with Crippen LogP contribution in [0.1, 0.15) is 11.1 Å². The summed E-state index contributed by atoms with van der Waals surface area (Å²) in [4.78, 5) is 32.5. The molecular formula is C25H29N3O4. The largest absolute Gasteiger partial charge is 0.497 e. The molecule has 2 heterocycles. The molecule has 2 aliphatic rings. The molecule has 2 aromatic carbocycles. The number of hydrogen-bond donors (Lipinski definition) is 1. The average molecular weight is 436 g/mol. The number of aliphatic hydroxyl groups excluding tert-OH is 1.